The van der Waals surface area contributed by atoms with Crippen LogP contribution in [-0.4, -0.2) is 25.0 Å². The molecule has 112 valence electrons. The highest BCUT2D eigenvalue weighted by molar-refractivity contribution is 5.95. The lowest BCUT2D eigenvalue weighted by atomic mass is 10.1. The number of benzene rings is 1. The molecule has 7 heteroatoms. The van der Waals surface area contributed by atoms with Crippen LogP contribution in [0.3, 0.4) is 0 Å². The van der Waals surface area contributed by atoms with Gasteiger partial charge < -0.3 is 10.6 Å². The minimum Gasteiger partial charge on any atom is -0.350 e. The summed E-state index contributed by atoms with van der Waals surface area (Å²) in [7, 11) is 0. The number of carbonyl (C=O) groups excluding carboxylic acids is 1. The molecule has 1 aromatic carbocycles. The van der Waals surface area contributed by atoms with Crippen molar-refractivity contribution in [3.8, 4) is 0 Å². The van der Waals surface area contributed by atoms with Gasteiger partial charge >= 0.3 is 6.18 Å². The van der Waals surface area contributed by atoms with E-state index in [0.29, 0.717) is 6.54 Å². The molecule has 0 aromatic heterocycles. The lowest BCUT2D eigenvalue weighted by Crippen LogP contribution is -2.37. The van der Waals surface area contributed by atoms with Crippen LogP contribution in [0.4, 0.5) is 13.2 Å². The lowest BCUT2D eigenvalue weighted by molar-refractivity contribution is -0.137. The lowest BCUT2D eigenvalue weighted by Gasteiger charge is -2.14. The average molecular weight is 309 g/mol. The normalized spacial score (nSPS) is 18.4. The van der Waals surface area contributed by atoms with Gasteiger partial charge in [-0.3, -0.25) is 4.79 Å². The van der Waals surface area contributed by atoms with Crippen LogP contribution in [0.2, 0.25) is 0 Å². The van der Waals surface area contributed by atoms with Gasteiger partial charge in [0.2, 0.25) is 0 Å². The summed E-state index contributed by atoms with van der Waals surface area (Å²) in [4.78, 5) is 11.8. The molecule has 0 saturated carbocycles. The summed E-state index contributed by atoms with van der Waals surface area (Å²) in [6.07, 6.45) is -2.56. The van der Waals surface area contributed by atoms with Crippen LogP contribution in [0, 0.1) is 0 Å². The van der Waals surface area contributed by atoms with E-state index in [2.05, 4.69) is 10.6 Å². The third kappa shape index (κ3) is 4.11. The predicted octanol–water partition coefficient (Wildman–Crippen LogP) is 2.61. The molecular formula is C13H16ClF3N2O. The number of nitrogens with one attached hydrogen (secondary N) is 2. The van der Waals surface area contributed by atoms with Crippen molar-refractivity contribution in [2.24, 2.45) is 0 Å². The van der Waals surface area contributed by atoms with Gasteiger partial charge in [0.05, 0.1) is 11.1 Å². The minimum atomic E-state index is -4.51. The van der Waals surface area contributed by atoms with Gasteiger partial charge in [0.15, 0.2) is 0 Å². The second kappa shape index (κ2) is 6.95. The minimum absolute atomic E-state index is 0. The summed E-state index contributed by atoms with van der Waals surface area (Å²) < 4.78 is 38.3. The summed E-state index contributed by atoms with van der Waals surface area (Å²) in [6.45, 7) is 1.24. The zero-order valence-corrected chi connectivity index (χ0v) is 11.5. The fraction of sp³-hybridized carbons (Fsp3) is 0.462. The number of rotatable bonds is 3. The topological polar surface area (TPSA) is 41.1 Å². The van der Waals surface area contributed by atoms with Crippen molar-refractivity contribution in [1.82, 2.24) is 10.6 Å². The molecule has 1 atom stereocenters. The molecule has 2 N–H and O–H groups in total. The van der Waals surface area contributed by atoms with Gasteiger partial charge in [0.25, 0.3) is 5.91 Å². The SMILES string of the molecule is Cl.O=C(NC[C@H]1CCCN1)c1ccccc1C(F)(F)F. The Bertz CT molecular complexity index is 459. The van der Waals surface area contributed by atoms with Crippen molar-refractivity contribution < 1.29 is 18.0 Å². The molecule has 1 aliphatic heterocycles. The molecule has 0 unspecified atom stereocenters. The Morgan fingerprint density at radius 2 is 2.05 bits per heavy atom. The van der Waals surface area contributed by atoms with Gasteiger partial charge in [-0.2, -0.15) is 13.2 Å². The average Bonchev–Trinajstić information content (AvgIpc) is 2.88. The van der Waals surface area contributed by atoms with Gasteiger partial charge in [-0.15, -0.1) is 12.4 Å². The van der Waals surface area contributed by atoms with Crippen LogP contribution in [0.5, 0.6) is 0 Å². The summed E-state index contributed by atoms with van der Waals surface area (Å²) in [5, 5.41) is 5.72. The van der Waals surface area contributed by atoms with Crippen molar-refractivity contribution in [3.63, 3.8) is 0 Å². The number of halogens is 4. The first-order chi connectivity index (χ1) is 8.98. The van der Waals surface area contributed by atoms with Crippen LogP contribution in [0.25, 0.3) is 0 Å². The predicted molar refractivity (Wildman–Crippen MR) is 72.0 cm³/mol. The zero-order valence-electron chi connectivity index (χ0n) is 10.7. The smallest absolute Gasteiger partial charge is 0.350 e. The molecule has 0 radical (unpaired) electrons. The Morgan fingerprint density at radius 1 is 1.35 bits per heavy atom. The van der Waals surface area contributed by atoms with E-state index in [0.717, 1.165) is 25.5 Å². The van der Waals surface area contributed by atoms with Crippen molar-refractivity contribution in [2.45, 2.75) is 25.1 Å². The van der Waals surface area contributed by atoms with E-state index >= 15 is 0 Å². The number of hydrogen-bond acceptors (Lipinski definition) is 2. The van der Waals surface area contributed by atoms with Crippen LogP contribution >= 0.6 is 12.4 Å². The van der Waals surface area contributed by atoms with Crippen molar-refractivity contribution >= 4 is 18.3 Å². The molecule has 2 rings (SSSR count). The number of alkyl halides is 3. The monoisotopic (exact) mass is 308 g/mol. The van der Waals surface area contributed by atoms with Crippen molar-refractivity contribution in [3.05, 3.63) is 35.4 Å². The quantitative estimate of drug-likeness (QED) is 0.901. The first kappa shape index (κ1) is 16.8. The molecule has 0 bridgehead atoms. The number of amides is 1. The zero-order chi connectivity index (χ0) is 13.9. The fourth-order valence-electron chi connectivity index (χ4n) is 2.17. The molecule has 0 spiro atoms. The summed E-state index contributed by atoms with van der Waals surface area (Å²) in [6, 6.07) is 4.97. The van der Waals surface area contributed by atoms with E-state index in [1.165, 1.54) is 18.2 Å². The van der Waals surface area contributed by atoms with E-state index < -0.39 is 17.6 Å². The number of carbonyl (C=O) groups is 1. The largest absolute Gasteiger partial charge is 0.417 e. The Kier molecular flexibility index (Phi) is 5.83. The van der Waals surface area contributed by atoms with Crippen molar-refractivity contribution in [2.75, 3.05) is 13.1 Å². The molecule has 0 aliphatic carbocycles. The fourth-order valence-corrected chi connectivity index (χ4v) is 2.17. The Labute approximate surface area is 121 Å². The van der Waals surface area contributed by atoms with Crippen LogP contribution in [0.1, 0.15) is 28.8 Å². The highest BCUT2D eigenvalue weighted by Crippen LogP contribution is 2.31. The third-order valence-electron chi connectivity index (χ3n) is 3.15. The van der Waals surface area contributed by atoms with E-state index in [1.54, 1.807) is 0 Å². The van der Waals surface area contributed by atoms with Crippen LogP contribution < -0.4 is 10.6 Å². The standard InChI is InChI=1S/C13H15F3N2O.ClH/c14-13(15,16)11-6-2-1-5-10(11)12(19)18-8-9-4-3-7-17-9;/h1-2,5-6,9,17H,3-4,7-8H2,(H,18,19);1H/t9-;/m1./s1. The number of hydrogen-bond donors (Lipinski definition) is 2. The molecule has 20 heavy (non-hydrogen) atoms. The molecule has 1 aliphatic rings. The van der Waals surface area contributed by atoms with Gasteiger partial charge in [-0.05, 0) is 31.5 Å². The van der Waals surface area contributed by atoms with Gasteiger partial charge in [-0.1, -0.05) is 12.1 Å². The van der Waals surface area contributed by atoms with E-state index in [-0.39, 0.29) is 24.0 Å². The molecule has 1 heterocycles. The second-order valence-corrected chi connectivity index (χ2v) is 4.55. The van der Waals surface area contributed by atoms with Gasteiger partial charge in [0.1, 0.15) is 0 Å². The van der Waals surface area contributed by atoms with Gasteiger partial charge in [-0.25, -0.2) is 0 Å². The Balaban J connectivity index is 0.00000200. The highest BCUT2D eigenvalue weighted by Gasteiger charge is 2.34. The maximum Gasteiger partial charge on any atom is 0.417 e. The van der Waals surface area contributed by atoms with Crippen molar-refractivity contribution in [1.29, 1.82) is 0 Å². The molecule has 1 fully saturated rings. The first-order valence-corrected chi connectivity index (χ1v) is 6.16. The van der Waals surface area contributed by atoms with E-state index in [9.17, 15) is 18.0 Å². The summed E-state index contributed by atoms with van der Waals surface area (Å²) in [5.74, 6) is -0.679. The molecule has 1 saturated heterocycles. The Hall–Kier alpha value is -1.27. The molecule has 3 nitrogen and oxygen atoms in total. The summed E-state index contributed by atoms with van der Waals surface area (Å²) in [5.41, 5.74) is -1.22. The third-order valence-corrected chi connectivity index (χ3v) is 3.15. The molecule has 1 aromatic rings. The van der Waals surface area contributed by atoms with E-state index in [4.69, 9.17) is 0 Å². The van der Waals surface area contributed by atoms with Gasteiger partial charge in [0, 0.05) is 12.6 Å². The Morgan fingerprint density at radius 3 is 2.65 bits per heavy atom. The van der Waals surface area contributed by atoms with Crippen LogP contribution in [-0.2, 0) is 6.18 Å². The van der Waals surface area contributed by atoms with Crippen LogP contribution in [0.15, 0.2) is 24.3 Å². The molecule has 1 amide bonds. The maximum atomic E-state index is 12.8. The molecular weight excluding hydrogens is 293 g/mol. The van der Waals surface area contributed by atoms with E-state index in [1.807, 2.05) is 0 Å². The highest BCUT2D eigenvalue weighted by atomic mass is 35.5. The first-order valence-electron chi connectivity index (χ1n) is 6.16. The maximum absolute atomic E-state index is 12.8. The second-order valence-electron chi connectivity index (χ2n) is 4.55. The summed E-state index contributed by atoms with van der Waals surface area (Å²) >= 11 is 0.